The number of rotatable bonds is 16. The first-order valence-corrected chi connectivity index (χ1v) is 13.3. The standard InChI is InChI=1S/C25H32ClNO5S/c26-21-17-15-20(16-18-21)25(30)22-12-9-10-13-23(22)33(31,32)27-19-11-7-5-3-1-2-4-6-8-14-24(28)29/h9-10,12-13,15-18,27H,1-8,11,14,19H2,(H,28,29). The van der Waals surface area contributed by atoms with E-state index in [0.29, 0.717) is 17.1 Å². The molecule has 0 aliphatic heterocycles. The van der Waals surface area contributed by atoms with Gasteiger partial charge in [0.25, 0.3) is 0 Å². The fourth-order valence-electron chi connectivity index (χ4n) is 3.57. The highest BCUT2D eigenvalue weighted by Gasteiger charge is 2.22. The monoisotopic (exact) mass is 493 g/mol. The molecule has 2 N–H and O–H groups in total. The van der Waals surface area contributed by atoms with E-state index >= 15 is 0 Å². The number of unbranched alkanes of at least 4 members (excludes halogenated alkanes) is 8. The van der Waals surface area contributed by atoms with Crippen molar-refractivity contribution < 1.29 is 23.1 Å². The van der Waals surface area contributed by atoms with Gasteiger partial charge >= 0.3 is 5.97 Å². The zero-order valence-corrected chi connectivity index (χ0v) is 20.3. The summed E-state index contributed by atoms with van der Waals surface area (Å²) in [6.45, 7) is 0.320. The molecule has 8 heteroatoms. The van der Waals surface area contributed by atoms with E-state index in [1.165, 1.54) is 12.1 Å². The van der Waals surface area contributed by atoms with Crippen LogP contribution in [0.5, 0.6) is 0 Å². The smallest absolute Gasteiger partial charge is 0.303 e. The van der Waals surface area contributed by atoms with Crippen molar-refractivity contribution >= 4 is 33.4 Å². The van der Waals surface area contributed by atoms with Gasteiger partial charge in [0.2, 0.25) is 10.0 Å². The quantitative estimate of drug-likeness (QED) is 0.226. The van der Waals surface area contributed by atoms with E-state index in [2.05, 4.69) is 4.72 Å². The molecular formula is C25H32ClNO5S. The second-order valence-electron chi connectivity index (χ2n) is 8.06. The summed E-state index contributed by atoms with van der Waals surface area (Å²) in [5.41, 5.74) is 0.514. The lowest BCUT2D eigenvalue weighted by Gasteiger charge is -2.11. The van der Waals surface area contributed by atoms with Gasteiger partial charge in [-0.05, 0) is 49.2 Å². The first kappa shape index (κ1) is 27.0. The number of carboxylic acid groups (broad SMARTS) is 1. The highest BCUT2D eigenvalue weighted by molar-refractivity contribution is 7.89. The minimum absolute atomic E-state index is 0.0205. The van der Waals surface area contributed by atoms with Gasteiger partial charge in [-0.1, -0.05) is 68.7 Å². The fourth-order valence-corrected chi connectivity index (χ4v) is 4.97. The van der Waals surface area contributed by atoms with Crippen LogP contribution < -0.4 is 4.72 Å². The summed E-state index contributed by atoms with van der Waals surface area (Å²) in [7, 11) is -3.81. The van der Waals surface area contributed by atoms with Crippen LogP contribution >= 0.6 is 11.6 Å². The van der Waals surface area contributed by atoms with Gasteiger partial charge in [-0.15, -0.1) is 0 Å². The number of carboxylic acids is 1. The van der Waals surface area contributed by atoms with Gasteiger partial charge in [0.1, 0.15) is 0 Å². The molecule has 0 aromatic heterocycles. The maximum absolute atomic E-state index is 12.9. The number of sulfonamides is 1. The van der Waals surface area contributed by atoms with Crippen LogP contribution in [0, 0.1) is 0 Å². The summed E-state index contributed by atoms with van der Waals surface area (Å²) in [5, 5.41) is 9.11. The van der Waals surface area contributed by atoms with Crippen LogP contribution in [0.1, 0.15) is 80.1 Å². The summed E-state index contributed by atoms with van der Waals surface area (Å²) >= 11 is 5.88. The molecule has 0 saturated heterocycles. The molecule has 0 radical (unpaired) electrons. The lowest BCUT2D eigenvalue weighted by molar-refractivity contribution is -0.137. The third-order valence-electron chi connectivity index (χ3n) is 5.39. The molecule has 0 amide bonds. The largest absolute Gasteiger partial charge is 0.481 e. The number of halogens is 1. The molecule has 33 heavy (non-hydrogen) atoms. The van der Waals surface area contributed by atoms with E-state index in [4.69, 9.17) is 16.7 Å². The maximum atomic E-state index is 12.9. The van der Waals surface area contributed by atoms with Crippen LogP contribution in [0.4, 0.5) is 0 Å². The molecule has 2 aromatic carbocycles. The SMILES string of the molecule is O=C(O)CCCCCCCCCCCNS(=O)(=O)c1ccccc1C(=O)c1ccc(Cl)cc1. The van der Waals surface area contributed by atoms with Crippen LogP contribution in [-0.4, -0.2) is 31.8 Å². The highest BCUT2D eigenvalue weighted by Crippen LogP contribution is 2.20. The number of aliphatic carboxylic acids is 1. The molecule has 180 valence electrons. The van der Waals surface area contributed by atoms with Crippen molar-refractivity contribution in [2.24, 2.45) is 0 Å². The third kappa shape index (κ3) is 9.66. The molecule has 0 fully saturated rings. The Bertz CT molecular complexity index is 1010. The predicted molar refractivity (Wildman–Crippen MR) is 130 cm³/mol. The maximum Gasteiger partial charge on any atom is 0.303 e. The fraction of sp³-hybridized carbons (Fsp3) is 0.440. The van der Waals surface area contributed by atoms with E-state index in [-0.39, 0.29) is 22.7 Å². The Morgan fingerprint density at radius 3 is 1.94 bits per heavy atom. The average Bonchev–Trinajstić information content (AvgIpc) is 2.79. The zero-order valence-electron chi connectivity index (χ0n) is 18.8. The van der Waals surface area contributed by atoms with E-state index in [1.54, 1.807) is 36.4 Å². The van der Waals surface area contributed by atoms with Crippen LogP contribution in [0.3, 0.4) is 0 Å². The van der Waals surface area contributed by atoms with Gasteiger partial charge in [0.05, 0.1) is 4.90 Å². The van der Waals surface area contributed by atoms with Gasteiger partial charge in [-0.2, -0.15) is 0 Å². The van der Waals surface area contributed by atoms with Crippen molar-refractivity contribution in [2.75, 3.05) is 6.54 Å². The van der Waals surface area contributed by atoms with Gasteiger partial charge in [-0.3, -0.25) is 9.59 Å². The molecule has 0 unspecified atom stereocenters. The molecule has 6 nitrogen and oxygen atoms in total. The van der Waals surface area contributed by atoms with Crippen LogP contribution in [0.2, 0.25) is 5.02 Å². The summed E-state index contributed by atoms with van der Waals surface area (Å²) < 4.78 is 28.3. The molecule has 2 rings (SSSR count). The molecule has 0 saturated carbocycles. The Kier molecular flexibility index (Phi) is 11.6. The van der Waals surface area contributed by atoms with E-state index in [1.807, 2.05) is 0 Å². The average molecular weight is 494 g/mol. The lowest BCUT2D eigenvalue weighted by atomic mass is 10.0. The van der Waals surface area contributed by atoms with Gasteiger partial charge in [0, 0.05) is 29.1 Å². The van der Waals surface area contributed by atoms with Crippen molar-refractivity contribution in [1.29, 1.82) is 0 Å². The number of carbonyl (C=O) groups excluding carboxylic acids is 1. The third-order valence-corrected chi connectivity index (χ3v) is 7.16. The zero-order chi connectivity index (χ0) is 24.1. The summed E-state index contributed by atoms with van der Waals surface area (Å²) in [6.07, 6.45) is 8.98. The van der Waals surface area contributed by atoms with Crippen molar-refractivity contribution in [3.05, 3.63) is 64.7 Å². The number of carbonyl (C=O) groups is 2. The number of ketones is 1. The molecule has 0 spiro atoms. The molecule has 0 bridgehead atoms. The Balaban J connectivity index is 1.74. The highest BCUT2D eigenvalue weighted by atomic mass is 35.5. The minimum Gasteiger partial charge on any atom is -0.481 e. The van der Waals surface area contributed by atoms with Crippen molar-refractivity contribution in [3.8, 4) is 0 Å². The van der Waals surface area contributed by atoms with Crippen LogP contribution in [-0.2, 0) is 14.8 Å². The van der Waals surface area contributed by atoms with Crippen LogP contribution in [0.15, 0.2) is 53.4 Å². The summed E-state index contributed by atoms with van der Waals surface area (Å²) in [4.78, 5) is 23.3. The molecule has 0 heterocycles. The second-order valence-corrected chi connectivity index (χ2v) is 10.2. The van der Waals surface area contributed by atoms with Crippen molar-refractivity contribution in [2.45, 2.75) is 69.1 Å². The Hall–Kier alpha value is -2.22. The Labute approximate surface area is 201 Å². The van der Waals surface area contributed by atoms with E-state index in [0.717, 1.165) is 57.8 Å². The van der Waals surface area contributed by atoms with Gasteiger partial charge in [0.15, 0.2) is 5.78 Å². The van der Waals surface area contributed by atoms with Crippen molar-refractivity contribution in [3.63, 3.8) is 0 Å². The Morgan fingerprint density at radius 2 is 1.33 bits per heavy atom. The number of hydrogen-bond acceptors (Lipinski definition) is 4. The minimum atomic E-state index is -3.81. The van der Waals surface area contributed by atoms with Crippen molar-refractivity contribution in [1.82, 2.24) is 4.72 Å². The topological polar surface area (TPSA) is 101 Å². The lowest BCUT2D eigenvalue weighted by Crippen LogP contribution is -2.26. The summed E-state index contributed by atoms with van der Waals surface area (Å²) in [5.74, 6) is -1.10. The number of benzene rings is 2. The van der Waals surface area contributed by atoms with E-state index in [9.17, 15) is 18.0 Å². The van der Waals surface area contributed by atoms with Gasteiger partial charge in [-0.25, -0.2) is 13.1 Å². The summed E-state index contributed by atoms with van der Waals surface area (Å²) in [6, 6.07) is 12.6. The normalized spacial score (nSPS) is 11.4. The number of nitrogens with one attached hydrogen (secondary N) is 1. The molecular weight excluding hydrogens is 462 g/mol. The molecule has 2 aromatic rings. The molecule has 0 atom stereocenters. The molecule has 0 aliphatic rings. The van der Waals surface area contributed by atoms with Crippen LogP contribution in [0.25, 0.3) is 0 Å². The first-order chi connectivity index (χ1) is 15.8. The first-order valence-electron chi connectivity index (χ1n) is 11.4. The second kappa shape index (κ2) is 14.1. The number of hydrogen-bond donors (Lipinski definition) is 2. The molecule has 0 aliphatic carbocycles. The predicted octanol–water partition coefficient (Wildman–Crippen LogP) is 5.83. The van der Waals surface area contributed by atoms with E-state index < -0.39 is 16.0 Å². The Morgan fingerprint density at radius 1 is 0.788 bits per heavy atom. The van der Waals surface area contributed by atoms with Gasteiger partial charge < -0.3 is 5.11 Å².